The second-order valence-electron chi connectivity index (χ2n) is 4.53. The Morgan fingerprint density at radius 3 is 2.62 bits per heavy atom. The monoisotopic (exact) mass is 275 g/mol. The van der Waals surface area contributed by atoms with Gasteiger partial charge in [0.15, 0.2) is 5.69 Å². The molecule has 3 rings (SSSR count). The second kappa shape index (κ2) is 5.93. The Labute approximate surface area is 122 Å². The van der Waals surface area contributed by atoms with E-state index in [1.54, 1.807) is 24.7 Å². The summed E-state index contributed by atoms with van der Waals surface area (Å²) >= 11 is 0. The van der Waals surface area contributed by atoms with E-state index in [-0.39, 0.29) is 0 Å². The SMILES string of the molecule is [C-]#[N+]c1ccc(COc2ccccc2-c2cnc[nH]2)cc1. The lowest BCUT2D eigenvalue weighted by Crippen LogP contribution is -1.96. The van der Waals surface area contributed by atoms with Gasteiger partial charge in [0.1, 0.15) is 12.4 Å². The molecule has 2 aromatic carbocycles. The molecule has 0 aliphatic heterocycles. The molecule has 0 amide bonds. The maximum Gasteiger partial charge on any atom is 0.187 e. The van der Waals surface area contributed by atoms with Crippen molar-refractivity contribution in [3.8, 4) is 17.0 Å². The van der Waals surface area contributed by atoms with Crippen molar-refractivity contribution in [2.45, 2.75) is 6.61 Å². The van der Waals surface area contributed by atoms with Gasteiger partial charge in [0.05, 0.1) is 24.8 Å². The van der Waals surface area contributed by atoms with E-state index in [1.807, 2.05) is 36.4 Å². The van der Waals surface area contributed by atoms with Crippen molar-refractivity contribution < 1.29 is 4.74 Å². The maximum absolute atomic E-state index is 6.94. The molecule has 0 bridgehead atoms. The van der Waals surface area contributed by atoms with E-state index in [0.717, 1.165) is 22.6 Å². The van der Waals surface area contributed by atoms with E-state index in [2.05, 4.69) is 14.8 Å². The summed E-state index contributed by atoms with van der Waals surface area (Å²) in [5, 5.41) is 0. The van der Waals surface area contributed by atoms with Crippen LogP contribution < -0.4 is 4.74 Å². The first-order valence-electron chi connectivity index (χ1n) is 6.54. The quantitative estimate of drug-likeness (QED) is 0.725. The van der Waals surface area contributed by atoms with Crippen LogP contribution in [0.5, 0.6) is 5.75 Å². The average molecular weight is 275 g/mol. The molecule has 1 N–H and O–H groups in total. The lowest BCUT2D eigenvalue weighted by atomic mass is 10.1. The molecule has 0 aliphatic rings. The van der Waals surface area contributed by atoms with Crippen LogP contribution in [0, 0.1) is 6.57 Å². The number of nitrogens with zero attached hydrogens (tertiary/aromatic N) is 2. The highest BCUT2D eigenvalue weighted by atomic mass is 16.5. The molecule has 0 spiro atoms. The van der Waals surface area contributed by atoms with Gasteiger partial charge in [-0.1, -0.05) is 36.4 Å². The van der Waals surface area contributed by atoms with E-state index in [1.165, 1.54) is 0 Å². The van der Waals surface area contributed by atoms with Crippen molar-refractivity contribution in [2.75, 3.05) is 0 Å². The van der Waals surface area contributed by atoms with Gasteiger partial charge in [0.25, 0.3) is 0 Å². The number of benzene rings is 2. The Morgan fingerprint density at radius 2 is 1.90 bits per heavy atom. The molecule has 0 atom stereocenters. The van der Waals surface area contributed by atoms with Crippen LogP contribution in [0.4, 0.5) is 5.69 Å². The van der Waals surface area contributed by atoms with Crippen molar-refractivity contribution in [3.05, 3.63) is 78.0 Å². The van der Waals surface area contributed by atoms with Crippen molar-refractivity contribution in [1.82, 2.24) is 9.97 Å². The average Bonchev–Trinajstić information content (AvgIpc) is 3.08. The highest BCUT2D eigenvalue weighted by Gasteiger charge is 2.07. The summed E-state index contributed by atoms with van der Waals surface area (Å²) in [6.07, 6.45) is 3.42. The lowest BCUT2D eigenvalue weighted by molar-refractivity contribution is 0.307. The van der Waals surface area contributed by atoms with Crippen LogP contribution >= 0.6 is 0 Å². The van der Waals surface area contributed by atoms with Gasteiger partial charge >= 0.3 is 0 Å². The van der Waals surface area contributed by atoms with Crippen molar-refractivity contribution >= 4 is 5.69 Å². The zero-order valence-corrected chi connectivity index (χ0v) is 11.3. The highest BCUT2D eigenvalue weighted by molar-refractivity contribution is 5.66. The predicted octanol–water partition coefficient (Wildman–Crippen LogP) is 4.21. The van der Waals surface area contributed by atoms with Crippen LogP contribution in [0.15, 0.2) is 61.1 Å². The molecule has 0 fully saturated rings. The molecule has 1 heterocycles. The van der Waals surface area contributed by atoms with Gasteiger partial charge in [0, 0.05) is 5.56 Å². The van der Waals surface area contributed by atoms with E-state index in [9.17, 15) is 0 Å². The molecule has 102 valence electrons. The minimum atomic E-state index is 0.462. The smallest absolute Gasteiger partial charge is 0.187 e. The first-order valence-corrected chi connectivity index (χ1v) is 6.54. The van der Waals surface area contributed by atoms with Gasteiger partial charge in [-0.15, -0.1) is 0 Å². The number of hydrogen-bond acceptors (Lipinski definition) is 2. The number of ether oxygens (including phenoxy) is 1. The van der Waals surface area contributed by atoms with Gasteiger partial charge in [0.2, 0.25) is 0 Å². The highest BCUT2D eigenvalue weighted by Crippen LogP contribution is 2.28. The number of H-pyrrole nitrogens is 1. The number of rotatable bonds is 4. The number of hydrogen-bond donors (Lipinski definition) is 1. The molecule has 21 heavy (non-hydrogen) atoms. The number of imidazole rings is 1. The maximum atomic E-state index is 6.94. The van der Waals surface area contributed by atoms with Crippen LogP contribution in [0.1, 0.15) is 5.56 Å². The molecule has 1 aromatic heterocycles. The Balaban J connectivity index is 1.78. The molecular formula is C17H13N3O. The van der Waals surface area contributed by atoms with Gasteiger partial charge in [-0.2, -0.15) is 0 Å². The first-order chi connectivity index (χ1) is 10.4. The summed E-state index contributed by atoms with van der Waals surface area (Å²) < 4.78 is 5.90. The molecular weight excluding hydrogens is 262 g/mol. The summed E-state index contributed by atoms with van der Waals surface area (Å²) in [5.41, 5.74) is 3.57. The summed E-state index contributed by atoms with van der Waals surface area (Å²) in [7, 11) is 0. The zero-order valence-electron chi connectivity index (χ0n) is 11.3. The summed E-state index contributed by atoms with van der Waals surface area (Å²) in [4.78, 5) is 10.5. The molecule has 3 aromatic rings. The molecule has 4 heteroatoms. The Morgan fingerprint density at radius 1 is 1.10 bits per heavy atom. The molecule has 0 saturated heterocycles. The normalized spacial score (nSPS) is 10.0. The third-order valence-corrected chi connectivity index (χ3v) is 3.14. The van der Waals surface area contributed by atoms with Gasteiger partial charge in [-0.25, -0.2) is 9.83 Å². The van der Waals surface area contributed by atoms with Crippen LogP contribution in [0.3, 0.4) is 0 Å². The summed E-state index contributed by atoms with van der Waals surface area (Å²) in [5.74, 6) is 0.802. The molecule has 0 aliphatic carbocycles. The fourth-order valence-corrected chi connectivity index (χ4v) is 2.05. The Bertz CT molecular complexity index is 755. The van der Waals surface area contributed by atoms with Crippen LogP contribution in [0.2, 0.25) is 0 Å². The number of nitrogens with one attached hydrogen (secondary N) is 1. The third kappa shape index (κ3) is 2.93. The summed E-state index contributed by atoms with van der Waals surface area (Å²) in [6.45, 7) is 7.40. The van der Waals surface area contributed by atoms with Gasteiger partial charge < -0.3 is 9.72 Å². The van der Waals surface area contributed by atoms with E-state index >= 15 is 0 Å². The number of aromatic nitrogens is 2. The van der Waals surface area contributed by atoms with Crippen molar-refractivity contribution in [3.63, 3.8) is 0 Å². The van der Waals surface area contributed by atoms with Crippen molar-refractivity contribution in [2.24, 2.45) is 0 Å². The van der Waals surface area contributed by atoms with E-state index < -0.39 is 0 Å². The third-order valence-electron chi connectivity index (χ3n) is 3.14. The molecule has 4 nitrogen and oxygen atoms in total. The van der Waals surface area contributed by atoms with E-state index in [4.69, 9.17) is 11.3 Å². The van der Waals surface area contributed by atoms with Crippen LogP contribution in [0.25, 0.3) is 16.1 Å². The Hall–Kier alpha value is -3.06. The molecule has 0 unspecified atom stereocenters. The first kappa shape index (κ1) is 12.9. The van der Waals surface area contributed by atoms with Gasteiger partial charge in [-0.3, -0.25) is 0 Å². The second-order valence-corrected chi connectivity index (χ2v) is 4.53. The zero-order chi connectivity index (χ0) is 14.5. The standard InChI is InChI=1S/C17H13N3O/c1-18-14-8-6-13(7-9-14)11-21-17-5-3-2-4-15(17)16-10-19-12-20-16/h2-10,12H,11H2,(H,19,20). The Kier molecular flexibility index (Phi) is 3.66. The molecule has 0 radical (unpaired) electrons. The largest absolute Gasteiger partial charge is 0.488 e. The predicted molar refractivity (Wildman–Crippen MR) is 81.1 cm³/mol. The molecule has 0 saturated carbocycles. The van der Waals surface area contributed by atoms with E-state index in [0.29, 0.717) is 12.3 Å². The minimum Gasteiger partial charge on any atom is -0.488 e. The van der Waals surface area contributed by atoms with Gasteiger partial charge in [-0.05, 0) is 17.7 Å². The number of para-hydroxylation sites is 1. The van der Waals surface area contributed by atoms with Crippen LogP contribution in [-0.4, -0.2) is 9.97 Å². The minimum absolute atomic E-state index is 0.462. The lowest BCUT2D eigenvalue weighted by Gasteiger charge is -2.10. The fourth-order valence-electron chi connectivity index (χ4n) is 2.05. The topological polar surface area (TPSA) is 42.3 Å². The van der Waals surface area contributed by atoms with Crippen molar-refractivity contribution in [1.29, 1.82) is 0 Å². The summed E-state index contributed by atoms with van der Waals surface area (Å²) in [6, 6.07) is 15.2. The van der Waals surface area contributed by atoms with Crippen LogP contribution in [-0.2, 0) is 6.61 Å². The number of aromatic amines is 1. The fraction of sp³-hybridized carbons (Fsp3) is 0.0588.